The van der Waals surface area contributed by atoms with Gasteiger partial charge in [-0.05, 0) is 88.4 Å². The number of phosphoric acid groups is 2. The number of rotatable bonds is 28. The molecule has 7 atom stereocenters. The Kier molecular flexibility index (Phi) is 20.4. The first-order valence-electron chi connectivity index (χ1n) is 26.2. The summed E-state index contributed by atoms with van der Waals surface area (Å²) >= 11 is 0. The van der Waals surface area contributed by atoms with Crippen molar-refractivity contribution >= 4 is 83.7 Å². The van der Waals surface area contributed by atoms with Crippen LogP contribution in [-0.2, 0) is 67.4 Å². The molecule has 0 spiro atoms. The predicted octanol–water partition coefficient (Wildman–Crippen LogP) is 4.88. The zero-order valence-electron chi connectivity index (χ0n) is 45.8. The monoisotopic (exact) mass is 1260 g/mol. The first-order valence-corrected chi connectivity index (χ1v) is 33.7. The molecule has 0 saturated carbocycles. The molecule has 3 aliphatic rings. The van der Waals surface area contributed by atoms with Crippen LogP contribution in [-0.4, -0.2) is 138 Å². The largest absolute Gasteiger partial charge is 0.489 e. The lowest BCUT2D eigenvalue weighted by molar-refractivity contribution is -0.438. The minimum atomic E-state index is -5.78. The molecule has 1 fully saturated rings. The van der Waals surface area contributed by atoms with E-state index in [4.69, 9.17) is 10.5 Å². The number of nitrogen functional groups attached to an aromatic ring is 1. The number of aromatic nitrogens is 4. The fourth-order valence-corrected chi connectivity index (χ4v) is 14.9. The highest BCUT2D eigenvalue weighted by Crippen LogP contribution is 2.66. The maximum atomic E-state index is 12.7. The SMILES string of the molecule is CCN1/C(=C/C=C/C=C/C2=[N+](CCCCCC(=O)NCCCCCCNP(=O)(O)OP(=O)(O)OP(=O)(O)OCC3OC(n4cnc5c(=O)[nH]c(N)nc54)C(O)C3O)c3ccc(S(=O)(=O)O)cc3C2(C)C)C(C)(C)c2cc(S(=O)(=O)O)ccc21. The lowest BCUT2D eigenvalue weighted by Gasteiger charge is -2.25. The number of benzene rings is 2. The van der Waals surface area contributed by atoms with E-state index in [9.17, 15) is 74.1 Å². The maximum absolute atomic E-state index is 12.7. The Hall–Kier alpha value is -5.14. The molecule has 5 heterocycles. The summed E-state index contributed by atoms with van der Waals surface area (Å²) in [5.41, 5.74) is 8.18. The van der Waals surface area contributed by atoms with Crippen molar-refractivity contribution in [2.75, 3.05) is 43.4 Å². The highest BCUT2D eigenvalue weighted by atomic mass is 32.2. The van der Waals surface area contributed by atoms with Crippen molar-refractivity contribution in [2.45, 2.75) is 131 Å². The number of aliphatic hydroxyl groups excluding tert-OH is 2. The van der Waals surface area contributed by atoms with Crippen LogP contribution in [0.4, 0.5) is 17.3 Å². The molecule has 3 aliphatic heterocycles. The predicted molar refractivity (Wildman–Crippen MR) is 302 cm³/mol. The molecule has 2 aromatic heterocycles. The zero-order chi connectivity index (χ0) is 61.1. The summed E-state index contributed by atoms with van der Waals surface area (Å²) < 4.78 is 127. The van der Waals surface area contributed by atoms with E-state index < -0.39 is 91.2 Å². The Morgan fingerprint density at radius 1 is 0.855 bits per heavy atom. The maximum Gasteiger partial charge on any atom is 0.489 e. The third-order valence-corrected chi connectivity index (χ3v) is 20.4. The van der Waals surface area contributed by atoms with Crippen LogP contribution in [0.25, 0.3) is 11.2 Å². The van der Waals surface area contributed by atoms with Crippen LogP contribution in [0.2, 0.25) is 0 Å². The number of hydrogen-bond acceptors (Lipinski definition) is 19. The van der Waals surface area contributed by atoms with Gasteiger partial charge in [0.25, 0.3) is 25.8 Å². The van der Waals surface area contributed by atoms with Crippen molar-refractivity contribution in [2.24, 2.45) is 0 Å². The van der Waals surface area contributed by atoms with Gasteiger partial charge in [-0.2, -0.15) is 35.0 Å². The number of unbranched alkanes of at least 4 members (excludes halogenated alkanes) is 5. The van der Waals surface area contributed by atoms with Crippen LogP contribution >= 0.6 is 23.4 Å². The van der Waals surface area contributed by atoms with Gasteiger partial charge < -0.3 is 45.6 Å². The van der Waals surface area contributed by atoms with Gasteiger partial charge in [-0.3, -0.25) is 32.8 Å². The second-order valence-electron chi connectivity index (χ2n) is 20.9. The molecular formula is C49H69N9O20P3S2+. The summed E-state index contributed by atoms with van der Waals surface area (Å²) in [6, 6.07) is 9.08. The van der Waals surface area contributed by atoms with Crippen LogP contribution in [0, 0.1) is 0 Å². The van der Waals surface area contributed by atoms with Crippen molar-refractivity contribution in [3.63, 3.8) is 0 Å². The number of fused-ring (bicyclic) bond motifs is 3. The number of allylic oxidation sites excluding steroid dienone is 6. The van der Waals surface area contributed by atoms with Gasteiger partial charge in [0.1, 0.15) is 24.9 Å². The fourth-order valence-electron chi connectivity index (χ4n) is 10.2. The molecular weight excluding hydrogens is 1190 g/mol. The number of likely N-dealkylation sites (N-methyl/N-ethyl adjacent to an activating group) is 1. The van der Waals surface area contributed by atoms with E-state index in [0.29, 0.717) is 63.7 Å². The molecule has 0 radical (unpaired) electrons. The Morgan fingerprint density at radius 3 is 2.18 bits per heavy atom. The molecule has 2 aromatic carbocycles. The van der Waals surface area contributed by atoms with Gasteiger partial charge in [0.2, 0.25) is 17.5 Å². The summed E-state index contributed by atoms with van der Waals surface area (Å²) in [6.07, 6.45) is 8.14. The average molecular weight is 1260 g/mol. The molecule has 1 amide bonds. The molecule has 0 aliphatic carbocycles. The molecule has 4 aromatic rings. The molecule has 34 heteroatoms. The smallest absolute Gasteiger partial charge is 0.387 e. The number of nitrogens with one attached hydrogen (secondary N) is 3. The van der Waals surface area contributed by atoms with E-state index in [1.54, 1.807) is 12.1 Å². The van der Waals surface area contributed by atoms with Gasteiger partial charge in [-0.25, -0.2) is 23.8 Å². The standard InChI is InChI=1S/C49H68N9O20P3S2/c1-6-56-35-22-20-31(82(69,70)71)27-33(35)48(2,3)38(56)17-11-9-12-18-39-49(4,5)34-28-32(83(72,73)74)21-23-36(34)57(39)26-16-10-13-19-40(59)51-24-14-7-8-15-25-53-79(63,64)77-81(67,68)78-80(65,66)75-29-37-42(60)43(61)46(76-37)58-30-52-41-44(58)54-47(50)55-45(41)62/h9,11-12,17-18,20-23,27-28,30,37,42-43,46,60-61H,6-8,10,13-16,19,24-26,29H2,1-5H3,(H9-,50,51,53,54,55,59,62,63,64,65,66,67,68,69,70,71,72,73,74)/p+1. The summed E-state index contributed by atoms with van der Waals surface area (Å²) in [6.45, 7) is 10.1. The zero-order valence-corrected chi connectivity index (χ0v) is 50.2. The third-order valence-electron chi connectivity index (χ3n) is 14.3. The van der Waals surface area contributed by atoms with Gasteiger partial charge in [-0.15, -0.1) is 0 Å². The Labute approximate surface area is 478 Å². The minimum absolute atomic E-state index is 0.129. The molecule has 83 heavy (non-hydrogen) atoms. The van der Waals surface area contributed by atoms with Crippen molar-refractivity contribution in [1.29, 1.82) is 0 Å². The highest BCUT2D eigenvalue weighted by molar-refractivity contribution is 7.86. The number of ether oxygens (including phenoxy) is 1. The number of imidazole rings is 1. The fraction of sp³-hybridized carbons (Fsp3) is 0.490. The van der Waals surface area contributed by atoms with Crippen LogP contribution in [0.5, 0.6) is 0 Å². The second-order valence-corrected chi connectivity index (χ2v) is 28.5. The first kappa shape index (κ1) is 65.4. The molecule has 7 unspecified atom stereocenters. The Morgan fingerprint density at radius 2 is 1.51 bits per heavy atom. The summed E-state index contributed by atoms with van der Waals surface area (Å²) in [4.78, 5) is 66.8. The Bertz CT molecular complexity index is 3680. The molecule has 456 valence electrons. The van der Waals surface area contributed by atoms with Crippen molar-refractivity contribution < 1.29 is 91.8 Å². The number of aliphatic hydroxyl groups is 2. The number of hydrogen-bond donors (Lipinski definition) is 11. The topological polar surface area (TPSA) is 435 Å². The van der Waals surface area contributed by atoms with Gasteiger partial charge in [0.05, 0.1) is 28.1 Å². The summed E-state index contributed by atoms with van der Waals surface area (Å²) in [7, 11) is -25.4. The van der Waals surface area contributed by atoms with Crippen molar-refractivity contribution in [3.05, 3.63) is 100 Å². The van der Waals surface area contributed by atoms with Gasteiger partial charge in [0, 0.05) is 67.0 Å². The van der Waals surface area contributed by atoms with E-state index in [-0.39, 0.29) is 52.2 Å². The average Bonchev–Trinajstić information content (AvgIpc) is 2.03. The van der Waals surface area contributed by atoms with Gasteiger partial charge in [-0.1, -0.05) is 44.9 Å². The van der Waals surface area contributed by atoms with Crippen LogP contribution in [0.15, 0.2) is 93.4 Å². The number of carbonyl (C=O) groups excluding carboxylic acids is 1. The van der Waals surface area contributed by atoms with Crippen molar-refractivity contribution in [3.8, 4) is 0 Å². The van der Waals surface area contributed by atoms with E-state index in [1.807, 2.05) is 70.1 Å². The second kappa shape index (κ2) is 25.8. The quantitative estimate of drug-likeness (QED) is 0.0119. The lowest BCUT2D eigenvalue weighted by atomic mass is 9.81. The molecule has 29 nitrogen and oxygen atoms in total. The number of amides is 1. The lowest BCUT2D eigenvalue weighted by Crippen LogP contribution is -2.33. The molecule has 12 N–H and O–H groups in total. The third kappa shape index (κ3) is 15.7. The van der Waals surface area contributed by atoms with Gasteiger partial charge in [0.15, 0.2) is 23.1 Å². The van der Waals surface area contributed by atoms with Gasteiger partial charge >= 0.3 is 23.4 Å². The highest BCUT2D eigenvalue weighted by Gasteiger charge is 2.48. The van der Waals surface area contributed by atoms with Crippen LogP contribution in [0.1, 0.15) is 103 Å². The number of nitrogens with two attached hydrogens (primary N) is 1. The number of H-pyrrole nitrogens is 1. The molecule has 0 bridgehead atoms. The summed E-state index contributed by atoms with van der Waals surface area (Å²) in [5, 5.41) is 26.0. The number of carbonyl (C=O) groups is 1. The van der Waals surface area contributed by atoms with E-state index >= 15 is 0 Å². The van der Waals surface area contributed by atoms with E-state index in [2.05, 4.69) is 42.9 Å². The first-order chi connectivity index (χ1) is 38.7. The summed E-state index contributed by atoms with van der Waals surface area (Å²) in [5.74, 6) is -0.448. The van der Waals surface area contributed by atoms with Crippen LogP contribution < -0.4 is 26.6 Å². The number of anilines is 2. The normalized spacial score (nSPS) is 22.4. The number of aromatic amines is 1. The molecule has 1 saturated heterocycles. The van der Waals surface area contributed by atoms with E-state index in [0.717, 1.165) is 39.2 Å². The van der Waals surface area contributed by atoms with E-state index in [1.165, 1.54) is 24.3 Å². The van der Waals surface area contributed by atoms with Crippen LogP contribution in [0.3, 0.4) is 0 Å². The Balaban J connectivity index is 0.816. The molecule has 7 rings (SSSR count). The van der Waals surface area contributed by atoms with Crippen molar-refractivity contribution in [1.82, 2.24) is 29.9 Å². The minimum Gasteiger partial charge on any atom is -0.387 e. The number of phosphoric ester groups is 1. The number of nitrogens with zero attached hydrogens (tertiary/aromatic N) is 5.